The maximum absolute atomic E-state index is 12.8. The summed E-state index contributed by atoms with van der Waals surface area (Å²) in [6, 6.07) is 0. The zero-order valence-corrected chi connectivity index (χ0v) is 40.8. The minimum absolute atomic E-state index is 0.158. The Hall–Kier alpha value is -1.61. The summed E-state index contributed by atoms with van der Waals surface area (Å²) in [5, 5.41) is 30.9. The smallest absolute Gasteiger partial charge is 0.306 e. The van der Waals surface area contributed by atoms with Crippen LogP contribution >= 0.6 is 0 Å². The van der Waals surface area contributed by atoms with Gasteiger partial charge < -0.3 is 34.3 Å². The molecule has 0 saturated carbocycles. The van der Waals surface area contributed by atoms with Crippen LogP contribution < -0.4 is 0 Å². The highest BCUT2D eigenvalue weighted by Gasteiger charge is 2.46. The van der Waals surface area contributed by atoms with Gasteiger partial charge in [-0.25, -0.2) is 0 Å². The summed E-state index contributed by atoms with van der Waals surface area (Å²) in [4.78, 5) is 25.5. The Labute approximate surface area is 384 Å². The summed E-state index contributed by atoms with van der Waals surface area (Å²) in [6.45, 7) is 3.76. The number of carbonyl (C=O) groups is 2. The average molecular weight is 919 g/mol. The van der Waals surface area contributed by atoms with E-state index in [2.05, 4.69) is 26.0 Å². The number of unbranched alkanes of at least 4 members (excludes halogenated alkanes) is 30. The normalized spacial score (nSPS) is 19.7. The molecule has 6 atom stereocenters. The standard InChI is InChI=1S/C50H94O12S/c1-3-5-7-9-11-13-15-17-18-19-20-21-22-23-24-25-26-27-29-30-32-34-36-38-45(51)59-40-43(41-60-50-49(55)48(54)47(53)44(62-50)42-63(56,57)58)61-46(52)39-37-35-33-31-28-16-14-12-10-8-6-4-2/h12,14,43-44,47-50,53-55H,3-11,13,15-42H2,1-2H3,(H,56,57,58)/b14-12-. The van der Waals surface area contributed by atoms with Gasteiger partial charge in [-0.1, -0.05) is 199 Å². The van der Waals surface area contributed by atoms with Crippen LogP contribution in [0.4, 0.5) is 0 Å². The van der Waals surface area contributed by atoms with Gasteiger partial charge in [0.25, 0.3) is 10.1 Å². The summed E-state index contributed by atoms with van der Waals surface area (Å²) in [6.07, 6.45) is 35.5. The van der Waals surface area contributed by atoms with E-state index in [0.29, 0.717) is 12.8 Å². The second-order valence-corrected chi connectivity index (χ2v) is 19.7. The molecule has 1 fully saturated rings. The molecular weight excluding hydrogens is 825 g/mol. The molecule has 372 valence electrons. The SMILES string of the molecule is CCCCC/C=C\CCCCCCCC(=O)OC(COC(=O)CCCCCCCCCCCCCCCCCCCCCCCCC)COC1OC(CS(=O)(=O)O)C(O)C(O)C1O. The molecule has 13 heteroatoms. The van der Waals surface area contributed by atoms with E-state index < -0.39 is 71.2 Å². The van der Waals surface area contributed by atoms with Gasteiger partial charge in [0.2, 0.25) is 0 Å². The van der Waals surface area contributed by atoms with Gasteiger partial charge in [0, 0.05) is 12.8 Å². The van der Waals surface area contributed by atoms with Crippen molar-refractivity contribution >= 4 is 22.1 Å². The maximum atomic E-state index is 12.8. The molecule has 4 N–H and O–H groups in total. The second kappa shape index (κ2) is 40.6. The van der Waals surface area contributed by atoms with E-state index in [-0.39, 0.29) is 19.4 Å². The molecule has 12 nitrogen and oxygen atoms in total. The van der Waals surface area contributed by atoms with Crippen LogP contribution in [-0.2, 0) is 38.7 Å². The van der Waals surface area contributed by atoms with Crippen LogP contribution in [0.15, 0.2) is 12.2 Å². The number of hydrogen-bond donors (Lipinski definition) is 4. The highest BCUT2D eigenvalue weighted by molar-refractivity contribution is 7.85. The monoisotopic (exact) mass is 919 g/mol. The third-order valence-corrected chi connectivity index (χ3v) is 12.8. The van der Waals surface area contributed by atoms with Crippen molar-refractivity contribution in [2.75, 3.05) is 19.0 Å². The number of rotatable bonds is 44. The van der Waals surface area contributed by atoms with Crippen LogP contribution in [0.25, 0.3) is 0 Å². The first kappa shape index (κ1) is 59.4. The highest BCUT2D eigenvalue weighted by atomic mass is 32.2. The van der Waals surface area contributed by atoms with E-state index >= 15 is 0 Å². The Morgan fingerprint density at radius 2 is 0.905 bits per heavy atom. The number of aliphatic hydroxyl groups is 3. The molecule has 63 heavy (non-hydrogen) atoms. The van der Waals surface area contributed by atoms with Gasteiger partial charge in [-0.15, -0.1) is 0 Å². The number of hydrogen-bond acceptors (Lipinski definition) is 11. The lowest BCUT2D eigenvalue weighted by Crippen LogP contribution is -2.60. The fourth-order valence-corrected chi connectivity index (χ4v) is 8.78. The molecule has 0 aromatic carbocycles. The Kier molecular flexibility index (Phi) is 38.3. The van der Waals surface area contributed by atoms with Crippen molar-refractivity contribution in [1.82, 2.24) is 0 Å². The van der Waals surface area contributed by atoms with Gasteiger partial charge in [0.05, 0.1) is 6.61 Å². The number of allylic oxidation sites excluding steroid dienone is 2. The third kappa shape index (κ3) is 35.3. The topological polar surface area (TPSA) is 186 Å². The van der Waals surface area contributed by atoms with Crippen LogP contribution in [0.2, 0.25) is 0 Å². The minimum atomic E-state index is -4.60. The molecule has 0 aliphatic carbocycles. The highest BCUT2D eigenvalue weighted by Crippen LogP contribution is 2.24. The summed E-state index contributed by atoms with van der Waals surface area (Å²) in [5.41, 5.74) is 0. The lowest BCUT2D eigenvalue weighted by atomic mass is 10.00. The molecule has 0 spiro atoms. The molecule has 1 heterocycles. The van der Waals surface area contributed by atoms with E-state index in [1.165, 1.54) is 141 Å². The van der Waals surface area contributed by atoms with Gasteiger partial charge in [-0.05, 0) is 38.5 Å². The van der Waals surface area contributed by atoms with Crippen molar-refractivity contribution in [2.45, 2.75) is 275 Å². The fraction of sp³-hybridized carbons (Fsp3) is 0.920. The molecule has 1 rings (SSSR count). The van der Waals surface area contributed by atoms with Crippen molar-refractivity contribution in [3.8, 4) is 0 Å². The van der Waals surface area contributed by atoms with Gasteiger partial charge in [-0.2, -0.15) is 8.42 Å². The first-order valence-electron chi connectivity index (χ1n) is 25.7. The van der Waals surface area contributed by atoms with Crippen molar-refractivity contribution in [2.24, 2.45) is 0 Å². The molecule has 1 saturated heterocycles. The van der Waals surface area contributed by atoms with Crippen molar-refractivity contribution in [3.63, 3.8) is 0 Å². The number of ether oxygens (including phenoxy) is 4. The molecule has 0 bridgehead atoms. The van der Waals surface area contributed by atoms with Gasteiger partial charge in [0.15, 0.2) is 12.4 Å². The number of aliphatic hydroxyl groups excluding tert-OH is 3. The molecule has 6 unspecified atom stereocenters. The zero-order valence-electron chi connectivity index (χ0n) is 40.0. The Morgan fingerprint density at radius 1 is 0.524 bits per heavy atom. The molecule has 1 aliphatic heterocycles. The van der Waals surface area contributed by atoms with E-state index in [1.807, 2.05) is 0 Å². The molecule has 0 radical (unpaired) electrons. The molecule has 0 aromatic rings. The van der Waals surface area contributed by atoms with Crippen LogP contribution in [0.3, 0.4) is 0 Å². The number of esters is 2. The Bertz CT molecular complexity index is 1210. The Balaban J connectivity index is 2.30. The largest absolute Gasteiger partial charge is 0.462 e. The lowest BCUT2D eigenvalue weighted by Gasteiger charge is -2.40. The predicted molar refractivity (Wildman–Crippen MR) is 252 cm³/mol. The van der Waals surface area contributed by atoms with Gasteiger partial charge in [0.1, 0.15) is 36.8 Å². The van der Waals surface area contributed by atoms with Gasteiger partial charge in [-0.3, -0.25) is 14.1 Å². The van der Waals surface area contributed by atoms with E-state index in [1.54, 1.807) is 0 Å². The zero-order chi connectivity index (χ0) is 46.2. The molecular formula is C50H94O12S. The van der Waals surface area contributed by atoms with E-state index in [9.17, 15) is 37.9 Å². The Morgan fingerprint density at radius 3 is 1.35 bits per heavy atom. The van der Waals surface area contributed by atoms with Crippen molar-refractivity contribution in [1.29, 1.82) is 0 Å². The predicted octanol–water partition coefficient (Wildman–Crippen LogP) is 11.4. The quantitative estimate of drug-likeness (QED) is 0.0196. The summed E-state index contributed by atoms with van der Waals surface area (Å²) in [7, 11) is -4.60. The maximum Gasteiger partial charge on any atom is 0.306 e. The lowest BCUT2D eigenvalue weighted by molar-refractivity contribution is -0.297. The molecule has 0 amide bonds. The fourth-order valence-electron chi connectivity index (χ4n) is 8.09. The van der Waals surface area contributed by atoms with Crippen LogP contribution in [0, 0.1) is 0 Å². The van der Waals surface area contributed by atoms with Crippen molar-refractivity contribution < 1.29 is 56.8 Å². The minimum Gasteiger partial charge on any atom is -0.462 e. The summed E-state index contributed by atoms with van der Waals surface area (Å²) < 4.78 is 54.1. The first-order valence-corrected chi connectivity index (χ1v) is 27.4. The average Bonchev–Trinajstić information content (AvgIpc) is 3.25. The van der Waals surface area contributed by atoms with E-state index in [4.69, 9.17) is 18.9 Å². The first-order chi connectivity index (χ1) is 30.5. The summed E-state index contributed by atoms with van der Waals surface area (Å²) >= 11 is 0. The molecule has 0 aromatic heterocycles. The molecule has 1 aliphatic rings. The van der Waals surface area contributed by atoms with Gasteiger partial charge >= 0.3 is 11.9 Å². The van der Waals surface area contributed by atoms with Crippen molar-refractivity contribution in [3.05, 3.63) is 12.2 Å². The van der Waals surface area contributed by atoms with Crippen LogP contribution in [-0.4, -0.2) is 96.0 Å². The number of carbonyl (C=O) groups excluding carboxylic acids is 2. The van der Waals surface area contributed by atoms with Crippen LogP contribution in [0.1, 0.15) is 239 Å². The second-order valence-electron chi connectivity index (χ2n) is 18.2. The van der Waals surface area contributed by atoms with E-state index in [0.717, 1.165) is 57.8 Å². The third-order valence-electron chi connectivity index (χ3n) is 12.1. The van der Waals surface area contributed by atoms with Crippen LogP contribution in [0.5, 0.6) is 0 Å². The summed E-state index contributed by atoms with van der Waals surface area (Å²) in [5.74, 6) is -1.98.